The molecule has 2 atom stereocenters. The van der Waals surface area contributed by atoms with Crippen molar-refractivity contribution in [2.45, 2.75) is 46.2 Å². The molecular formula is C23H31N3O3. The molecule has 2 rings (SSSR count). The number of benzene rings is 2. The Balaban J connectivity index is 2.06. The molecule has 3 amide bonds. The molecule has 2 aromatic carbocycles. The third-order valence-corrected chi connectivity index (χ3v) is 5.22. The fraction of sp³-hybridized carbons (Fsp3) is 0.391. The summed E-state index contributed by atoms with van der Waals surface area (Å²) in [7, 11) is 3.38. The number of aryl methyl sites for hydroxylation is 1. The van der Waals surface area contributed by atoms with E-state index >= 15 is 0 Å². The standard InChI is InChI=1S/C23H31N3O3/c1-7-16(3)24-22(27)19-10-13-21(15(2)14-19)25-23(28)26(5)17(4)18-8-11-20(29-6)12-9-18/h8-14,16-17H,7H2,1-6H3,(H,24,27)(H,25,28). The summed E-state index contributed by atoms with van der Waals surface area (Å²) >= 11 is 0. The Labute approximate surface area is 173 Å². The van der Waals surface area contributed by atoms with Gasteiger partial charge in [0.05, 0.1) is 13.2 Å². The van der Waals surface area contributed by atoms with Gasteiger partial charge in [-0.05, 0) is 68.7 Å². The summed E-state index contributed by atoms with van der Waals surface area (Å²) in [5.41, 5.74) is 3.11. The topological polar surface area (TPSA) is 70.7 Å². The average Bonchev–Trinajstić information content (AvgIpc) is 2.73. The quantitative estimate of drug-likeness (QED) is 0.708. The van der Waals surface area contributed by atoms with Crippen LogP contribution in [0.15, 0.2) is 42.5 Å². The van der Waals surface area contributed by atoms with Crippen LogP contribution in [0.1, 0.15) is 54.7 Å². The van der Waals surface area contributed by atoms with E-state index in [2.05, 4.69) is 10.6 Å². The SMILES string of the molecule is CCC(C)NC(=O)c1ccc(NC(=O)N(C)C(C)c2ccc(OC)cc2)c(C)c1. The van der Waals surface area contributed by atoms with Crippen molar-refractivity contribution < 1.29 is 14.3 Å². The number of anilines is 1. The number of nitrogens with one attached hydrogen (secondary N) is 2. The first kappa shape index (κ1) is 22.3. The maximum absolute atomic E-state index is 12.7. The lowest BCUT2D eigenvalue weighted by Gasteiger charge is -2.26. The van der Waals surface area contributed by atoms with Gasteiger partial charge in [0.2, 0.25) is 0 Å². The summed E-state index contributed by atoms with van der Waals surface area (Å²) in [6.45, 7) is 7.84. The molecule has 2 unspecified atom stereocenters. The van der Waals surface area contributed by atoms with Gasteiger partial charge in [0.1, 0.15) is 5.75 Å². The van der Waals surface area contributed by atoms with Crippen LogP contribution in [-0.4, -0.2) is 37.0 Å². The van der Waals surface area contributed by atoms with Gasteiger partial charge in [0.15, 0.2) is 0 Å². The van der Waals surface area contributed by atoms with Gasteiger partial charge in [-0.2, -0.15) is 0 Å². The highest BCUT2D eigenvalue weighted by molar-refractivity contribution is 5.96. The number of hydrogen-bond acceptors (Lipinski definition) is 3. The van der Waals surface area contributed by atoms with E-state index in [0.717, 1.165) is 23.3 Å². The molecule has 0 bridgehead atoms. The molecule has 0 saturated carbocycles. The highest BCUT2D eigenvalue weighted by atomic mass is 16.5. The average molecular weight is 398 g/mol. The second-order valence-electron chi connectivity index (χ2n) is 7.30. The van der Waals surface area contributed by atoms with Crippen LogP contribution in [-0.2, 0) is 0 Å². The summed E-state index contributed by atoms with van der Waals surface area (Å²) in [5.74, 6) is 0.673. The van der Waals surface area contributed by atoms with E-state index < -0.39 is 0 Å². The predicted octanol–water partition coefficient (Wildman–Crippen LogP) is 4.76. The molecule has 6 heteroatoms. The van der Waals surface area contributed by atoms with Crippen LogP contribution >= 0.6 is 0 Å². The number of ether oxygens (including phenoxy) is 1. The molecule has 0 aliphatic heterocycles. The molecule has 2 aromatic rings. The Morgan fingerprint density at radius 2 is 1.76 bits per heavy atom. The fourth-order valence-corrected chi connectivity index (χ4v) is 2.84. The second kappa shape index (κ2) is 9.96. The van der Waals surface area contributed by atoms with Crippen LogP contribution in [0, 0.1) is 6.92 Å². The van der Waals surface area contributed by atoms with Gasteiger partial charge in [0.25, 0.3) is 5.91 Å². The maximum Gasteiger partial charge on any atom is 0.322 e. The van der Waals surface area contributed by atoms with Crippen LogP contribution in [0.5, 0.6) is 5.75 Å². The normalized spacial score (nSPS) is 12.6. The van der Waals surface area contributed by atoms with Crippen molar-refractivity contribution in [3.63, 3.8) is 0 Å². The van der Waals surface area contributed by atoms with Crippen LogP contribution < -0.4 is 15.4 Å². The molecule has 0 aromatic heterocycles. The van der Waals surface area contributed by atoms with Gasteiger partial charge >= 0.3 is 6.03 Å². The number of methoxy groups -OCH3 is 1. The first-order valence-corrected chi connectivity index (χ1v) is 9.86. The minimum absolute atomic E-state index is 0.106. The lowest BCUT2D eigenvalue weighted by Crippen LogP contribution is -2.34. The fourth-order valence-electron chi connectivity index (χ4n) is 2.84. The second-order valence-corrected chi connectivity index (χ2v) is 7.30. The van der Waals surface area contributed by atoms with Crippen molar-refractivity contribution in [3.8, 4) is 5.75 Å². The molecule has 0 spiro atoms. The van der Waals surface area contributed by atoms with Crippen molar-refractivity contribution >= 4 is 17.6 Å². The van der Waals surface area contributed by atoms with Gasteiger partial charge < -0.3 is 20.3 Å². The Bertz CT molecular complexity index is 849. The number of carbonyl (C=O) groups excluding carboxylic acids is 2. The first-order valence-electron chi connectivity index (χ1n) is 9.86. The van der Waals surface area contributed by atoms with Crippen molar-refractivity contribution in [1.29, 1.82) is 0 Å². The molecule has 0 aliphatic rings. The molecule has 0 fully saturated rings. The summed E-state index contributed by atoms with van der Waals surface area (Å²) in [6, 6.07) is 12.7. The minimum atomic E-state index is -0.215. The summed E-state index contributed by atoms with van der Waals surface area (Å²) < 4.78 is 5.18. The number of urea groups is 1. The molecule has 0 radical (unpaired) electrons. The van der Waals surface area contributed by atoms with E-state index in [9.17, 15) is 9.59 Å². The van der Waals surface area contributed by atoms with Crippen molar-refractivity contribution in [2.75, 3.05) is 19.5 Å². The number of carbonyl (C=O) groups is 2. The molecular weight excluding hydrogens is 366 g/mol. The van der Waals surface area contributed by atoms with E-state index in [-0.39, 0.29) is 24.0 Å². The van der Waals surface area contributed by atoms with Gasteiger partial charge in [-0.3, -0.25) is 4.79 Å². The number of nitrogens with zero attached hydrogens (tertiary/aromatic N) is 1. The van der Waals surface area contributed by atoms with E-state index in [1.54, 1.807) is 37.3 Å². The molecule has 0 aliphatic carbocycles. The lowest BCUT2D eigenvalue weighted by molar-refractivity contribution is 0.0939. The molecule has 2 N–H and O–H groups in total. The molecule has 29 heavy (non-hydrogen) atoms. The highest BCUT2D eigenvalue weighted by Gasteiger charge is 2.18. The first-order chi connectivity index (χ1) is 13.8. The van der Waals surface area contributed by atoms with E-state index in [1.807, 2.05) is 52.0 Å². The third-order valence-electron chi connectivity index (χ3n) is 5.22. The van der Waals surface area contributed by atoms with Gasteiger partial charge in [-0.15, -0.1) is 0 Å². The summed E-state index contributed by atoms with van der Waals surface area (Å²) in [5, 5.41) is 5.88. The highest BCUT2D eigenvalue weighted by Crippen LogP contribution is 2.23. The number of amides is 3. The Hall–Kier alpha value is -3.02. The Morgan fingerprint density at radius 1 is 1.10 bits per heavy atom. The van der Waals surface area contributed by atoms with E-state index in [0.29, 0.717) is 11.3 Å². The van der Waals surface area contributed by atoms with Gasteiger partial charge in [-0.1, -0.05) is 19.1 Å². The van der Waals surface area contributed by atoms with Gasteiger partial charge in [-0.25, -0.2) is 4.79 Å². The zero-order chi connectivity index (χ0) is 21.6. The Morgan fingerprint density at radius 3 is 2.31 bits per heavy atom. The summed E-state index contributed by atoms with van der Waals surface area (Å²) in [4.78, 5) is 26.6. The van der Waals surface area contributed by atoms with Crippen LogP contribution in [0.2, 0.25) is 0 Å². The largest absolute Gasteiger partial charge is 0.497 e. The maximum atomic E-state index is 12.7. The monoisotopic (exact) mass is 397 g/mol. The number of rotatable bonds is 7. The number of hydrogen-bond donors (Lipinski definition) is 2. The van der Waals surface area contributed by atoms with Gasteiger partial charge in [0, 0.05) is 24.3 Å². The molecule has 0 heterocycles. The zero-order valence-electron chi connectivity index (χ0n) is 18.1. The minimum Gasteiger partial charge on any atom is -0.497 e. The molecule has 156 valence electrons. The molecule has 0 saturated heterocycles. The third kappa shape index (κ3) is 5.73. The van der Waals surface area contributed by atoms with Crippen molar-refractivity contribution in [1.82, 2.24) is 10.2 Å². The Kier molecular flexibility index (Phi) is 7.65. The van der Waals surface area contributed by atoms with E-state index in [4.69, 9.17) is 4.74 Å². The van der Waals surface area contributed by atoms with Crippen LogP contribution in [0.25, 0.3) is 0 Å². The smallest absolute Gasteiger partial charge is 0.322 e. The van der Waals surface area contributed by atoms with Crippen molar-refractivity contribution in [2.24, 2.45) is 0 Å². The predicted molar refractivity (Wildman–Crippen MR) is 117 cm³/mol. The summed E-state index contributed by atoms with van der Waals surface area (Å²) in [6.07, 6.45) is 0.873. The van der Waals surface area contributed by atoms with E-state index in [1.165, 1.54) is 0 Å². The van der Waals surface area contributed by atoms with Crippen LogP contribution in [0.3, 0.4) is 0 Å². The molecule has 6 nitrogen and oxygen atoms in total. The van der Waals surface area contributed by atoms with Crippen LogP contribution in [0.4, 0.5) is 10.5 Å². The van der Waals surface area contributed by atoms with Crippen molar-refractivity contribution in [3.05, 3.63) is 59.2 Å². The zero-order valence-corrected chi connectivity index (χ0v) is 18.1. The lowest BCUT2D eigenvalue weighted by atomic mass is 10.1.